The van der Waals surface area contributed by atoms with Gasteiger partial charge in [-0.15, -0.1) is 0 Å². The topological polar surface area (TPSA) is 40.5 Å². The fourth-order valence-electron chi connectivity index (χ4n) is 3.03. The number of benzene rings is 1. The molecule has 1 heterocycles. The molecule has 0 aliphatic carbocycles. The summed E-state index contributed by atoms with van der Waals surface area (Å²) in [5, 5.41) is 8.73. The molecule has 2 rings (SSSR count). The number of hydrogen-bond acceptors (Lipinski definition) is 2. The lowest BCUT2D eigenvalue weighted by Gasteiger charge is -2.33. The third kappa shape index (κ3) is 4.73. The van der Waals surface area contributed by atoms with Gasteiger partial charge in [-0.1, -0.05) is 18.2 Å². The van der Waals surface area contributed by atoms with Crippen LogP contribution in [0.4, 0.5) is 13.2 Å². The van der Waals surface area contributed by atoms with Crippen molar-refractivity contribution in [2.45, 2.75) is 38.4 Å². The lowest BCUT2D eigenvalue weighted by atomic mass is 9.93. The van der Waals surface area contributed by atoms with Crippen LogP contribution in [0.3, 0.4) is 0 Å². The normalized spacial score (nSPS) is 20.0. The molecule has 122 valence electrons. The first-order chi connectivity index (χ1) is 10.4. The van der Waals surface area contributed by atoms with Gasteiger partial charge in [0.2, 0.25) is 0 Å². The number of rotatable bonds is 5. The van der Waals surface area contributed by atoms with Crippen molar-refractivity contribution in [1.82, 2.24) is 4.90 Å². The smallest absolute Gasteiger partial charge is 0.416 e. The van der Waals surface area contributed by atoms with Crippen molar-refractivity contribution < 1.29 is 23.1 Å². The molecule has 1 aromatic carbocycles. The average Bonchev–Trinajstić information content (AvgIpc) is 2.45. The maximum Gasteiger partial charge on any atom is 0.416 e. The molecule has 1 aliphatic heterocycles. The molecule has 0 amide bonds. The highest BCUT2D eigenvalue weighted by atomic mass is 19.4. The van der Waals surface area contributed by atoms with E-state index in [0.717, 1.165) is 25.5 Å². The highest BCUT2D eigenvalue weighted by molar-refractivity contribution is 5.66. The van der Waals surface area contributed by atoms with Gasteiger partial charge in [0.1, 0.15) is 0 Å². The highest BCUT2D eigenvalue weighted by Crippen LogP contribution is 2.33. The molecule has 1 atom stereocenters. The maximum atomic E-state index is 13.0. The van der Waals surface area contributed by atoms with Crippen molar-refractivity contribution in [2.75, 3.05) is 13.1 Å². The predicted molar refractivity (Wildman–Crippen MR) is 76.3 cm³/mol. The number of hydrogen-bond donors (Lipinski definition) is 1. The minimum Gasteiger partial charge on any atom is -0.481 e. The van der Waals surface area contributed by atoms with E-state index >= 15 is 0 Å². The number of aliphatic carboxylic acids is 1. The molecule has 1 unspecified atom stereocenters. The van der Waals surface area contributed by atoms with E-state index in [2.05, 4.69) is 0 Å². The first kappa shape index (κ1) is 16.8. The first-order valence-electron chi connectivity index (χ1n) is 7.45. The van der Waals surface area contributed by atoms with E-state index in [1.54, 1.807) is 6.07 Å². The number of piperidine rings is 1. The van der Waals surface area contributed by atoms with E-state index in [1.165, 1.54) is 12.1 Å². The van der Waals surface area contributed by atoms with Crippen LogP contribution in [-0.2, 0) is 17.5 Å². The van der Waals surface area contributed by atoms with Gasteiger partial charge < -0.3 is 5.11 Å². The average molecular weight is 315 g/mol. The maximum absolute atomic E-state index is 13.0. The van der Waals surface area contributed by atoms with Crippen LogP contribution < -0.4 is 0 Å². The van der Waals surface area contributed by atoms with Gasteiger partial charge in [-0.2, -0.15) is 13.2 Å². The Kier molecular flexibility index (Phi) is 5.45. The van der Waals surface area contributed by atoms with E-state index in [1.807, 2.05) is 4.90 Å². The zero-order chi connectivity index (χ0) is 16.2. The van der Waals surface area contributed by atoms with E-state index in [-0.39, 0.29) is 24.4 Å². The molecule has 1 fully saturated rings. The van der Waals surface area contributed by atoms with Crippen molar-refractivity contribution >= 4 is 5.97 Å². The van der Waals surface area contributed by atoms with Gasteiger partial charge in [-0.25, -0.2) is 0 Å². The molecule has 0 saturated carbocycles. The fourth-order valence-corrected chi connectivity index (χ4v) is 3.03. The summed E-state index contributed by atoms with van der Waals surface area (Å²) in [5.41, 5.74) is -0.295. The second-order valence-corrected chi connectivity index (χ2v) is 5.83. The Bertz CT molecular complexity index is 516. The van der Waals surface area contributed by atoms with E-state index in [9.17, 15) is 18.0 Å². The van der Waals surface area contributed by atoms with Gasteiger partial charge in [0.25, 0.3) is 0 Å². The molecular weight excluding hydrogens is 295 g/mol. The van der Waals surface area contributed by atoms with Crippen LogP contribution in [0.15, 0.2) is 24.3 Å². The molecule has 0 bridgehead atoms. The monoisotopic (exact) mass is 315 g/mol. The Morgan fingerprint density at radius 3 is 2.73 bits per heavy atom. The molecule has 1 aliphatic rings. The van der Waals surface area contributed by atoms with Gasteiger partial charge in [-0.3, -0.25) is 9.69 Å². The Labute approximate surface area is 127 Å². The lowest BCUT2D eigenvalue weighted by molar-refractivity contribution is -0.139. The summed E-state index contributed by atoms with van der Waals surface area (Å²) in [6, 6.07) is 5.65. The van der Waals surface area contributed by atoms with E-state index < -0.39 is 17.7 Å². The van der Waals surface area contributed by atoms with Crippen LogP contribution in [-0.4, -0.2) is 29.1 Å². The Morgan fingerprint density at radius 1 is 1.32 bits per heavy atom. The molecule has 1 aromatic rings. The molecule has 0 spiro atoms. The summed E-state index contributed by atoms with van der Waals surface area (Å²) < 4.78 is 39.0. The second kappa shape index (κ2) is 7.13. The minimum absolute atomic E-state index is 0.123. The van der Waals surface area contributed by atoms with Crippen molar-refractivity contribution in [3.63, 3.8) is 0 Å². The number of carboxylic acid groups (broad SMARTS) is 1. The van der Waals surface area contributed by atoms with Crippen molar-refractivity contribution in [2.24, 2.45) is 5.92 Å². The van der Waals surface area contributed by atoms with Crippen LogP contribution in [0.5, 0.6) is 0 Å². The third-order valence-corrected chi connectivity index (χ3v) is 4.09. The molecule has 0 radical (unpaired) electrons. The fraction of sp³-hybridized carbons (Fsp3) is 0.562. The highest BCUT2D eigenvalue weighted by Gasteiger charge is 2.33. The predicted octanol–water partition coefficient (Wildman–Crippen LogP) is 3.78. The van der Waals surface area contributed by atoms with Crippen LogP contribution in [0.25, 0.3) is 0 Å². The van der Waals surface area contributed by atoms with Gasteiger partial charge in [-0.05, 0) is 43.4 Å². The first-order valence-corrected chi connectivity index (χ1v) is 7.45. The number of alkyl halides is 3. The van der Waals surface area contributed by atoms with Crippen molar-refractivity contribution in [1.29, 1.82) is 0 Å². The third-order valence-electron chi connectivity index (χ3n) is 4.09. The standard InChI is InChI=1S/C16H20F3NO2/c17-16(18,19)14-6-2-1-5-13(14)11-20-9-3-4-12(10-20)7-8-15(21)22/h1-2,5-6,12H,3-4,7-11H2,(H,21,22). The molecule has 1 saturated heterocycles. The summed E-state index contributed by atoms with van der Waals surface area (Å²) in [6.07, 6.45) is -1.78. The van der Waals surface area contributed by atoms with Gasteiger partial charge in [0.05, 0.1) is 5.56 Å². The number of nitrogens with zero attached hydrogens (tertiary/aromatic N) is 1. The minimum atomic E-state index is -4.34. The molecule has 1 N–H and O–H groups in total. The molecule has 3 nitrogen and oxygen atoms in total. The summed E-state index contributed by atoms with van der Waals surface area (Å²) in [5.74, 6) is -0.567. The largest absolute Gasteiger partial charge is 0.481 e. The van der Waals surface area contributed by atoms with Gasteiger partial charge in [0, 0.05) is 19.5 Å². The van der Waals surface area contributed by atoms with Gasteiger partial charge in [0.15, 0.2) is 0 Å². The van der Waals surface area contributed by atoms with E-state index in [0.29, 0.717) is 13.0 Å². The zero-order valence-corrected chi connectivity index (χ0v) is 12.3. The molecule has 6 heteroatoms. The number of likely N-dealkylation sites (tertiary alicyclic amines) is 1. The second-order valence-electron chi connectivity index (χ2n) is 5.83. The quantitative estimate of drug-likeness (QED) is 0.899. The van der Waals surface area contributed by atoms with Crippen LogP contribution in [0.2, 0.25) is 0 Å². The Hall–Kier alpha value is -1.56. The van der Waals surface area contributed by atoms with Gasteiger partial charge >= 0.3 is 12.1 Å². The molecular formula is C16H20F3NO2. The molecule has 0 aromatic heterocycles. The number of halogens is 3. The number of carbonyl (C=O) groups is 1. The SMILES string of the molecule is O=C(O)CCC1CCCN(Cc2ccccc2C(F)(F)F)C1. The summed E-state index contributed by atoms with van der Waals surface area (Å²) in [7, 11) is 0. The number of carboxylic acids is 1. The Morgan fingerprint density at radius 2 is 2.05 bits per heavy atom. The lowest BCUT2D eigenvalue weighted by Crippen LogP contribution is -2.35. The van der Waals surface area contributed by atoms with E-state index in [4.69, 9.17) is 5.11 Å². The zero-order valence-electron chi connectivity index (χ0n) is 12.3. The van der Waals surface area contributed by atoms with Crippen molar-refractivity contribution in [3.8, 4) is 0 Å². The Balaban J connectivity index is 2.00. The van der Waals surface area contributed by atoms with Crippen LogP contribution in [0.1, 0.15) is 36.8 Å². The van der Waals surface area contributed by atoms with Crippen LogP contribution in [0, 0.1) is 5.92 Å². The van der Waals surface area contributed by atoms with Crippen LogP contribution >= 0.6 is 0 Å². The summed E-state index contributed by atoms with van der Waals surface area (Å²) in [6.45, 7) is 1.69. The van der Waals surface area contributed by atoms with Crippen molar-refractivity contribution in [3.05, 3.63) is 35.4 Å². The summed E-state index contributed by atoms with van der Waals surface area (Å²) in [4.78, 5) is 12.6. The molecule has 22 heavy (non-hydrogen) atoms. The summed E-state index contributed by atoms with van der Waals surface area (Å²) >= 11 is 0.